The predicted octanol–water partition coefficient (Wildman–Crippen LogP) is 5.38. The maximum Gasteiger partial charge on any atom is 0.253 e. The number of carbonyl (C=O) groups excluding carboxylic acids is 1. The van der Waals surface area contributed by atoms with E-state index in [4.69, 9.17) is 9.72 Å². The number of rotatable bonds is 6. The van der Waals surface area contributed by atoms with Crippen LogP contribution in [0.1, 0.15) is 15.9 Å². The normalized spacial score (nSPS) is 13.9. The summed E-state index contributed by atoms with van der Waals surface area (Å²) in [4.78, 5) is 26.2. The molecule has 1 aliphatic heterocycles. The van der Waals surface area contributed by atoms with Gasteiger partial charge in [-0.25, -0.2) is 9.97 Å². The minimum Gasteiger partial charge on any atom is -0.457 e. The van der Waals surface area contributed by atoms with Crippen LogP contribution >= 0.6 is 0 Å². The van der Waals surface area contributed by atoms with Gasteiger partial charge in [-0.1, -0.05) is 30.3 Å². The molecule has 1 N–H and O–H groups in total. The molecule has 36 heavy (non-hydrogen) atoms. The number of benzene rings is 3. The number of hydrogen-bond acceptors (Lipinski definition) is 6. The molecule has 7 nitrogen and oxygen atoms in total. The van der Waals surface area contributed by atoms with Gasteiger partial charge in [-0.2, -0.15) is 0 Å². The highest BCUT2D eigenvalue weighted by Crippen LogP contribution is 2.26. The minimum atomic E-state index is 0.0709. The molecule has 7 heteroatoms. The zero-order chi connectivity index (χ0) is 24.9. The van der Waals surface area contributed by atoms with Crippen LogP contribution in [0.5, 0.6) is 11.5 Å². The maximum absolute atomic E-state index is 12.8. The van der Waals surface area contributed by atoms with E-state index in [9.17, 15) is 4.79 Å². The molecular formula is C29H29N5O2. The van der Waals surface area contributed by atoms with Crippen molar-refractivity contribution in [2.75, 3.05) is 38.5 Å². The lowest BCUT2D eigenvalue weighted by Crippen LogP contribution is -2.47. The Kier molecular flexibility index (Phi) is 6.91. The van der Waals surface area contributed by atoms with Gasteiger partial charge in [0.15, 0.2) is 5.82 Å². The van der Waals surface area contributed by atoms with Crippen LogP contribution in [0.25, 0.3) is 11.4 Å². The number of piperazine rings is 1. The summed E-state index contributed by atoms with van der Waals surface area (Å²) in [5.41, 5.74) is 3.38. The van der Waals surface area contributed by atoms with Crippen molar-refractivity contribution in [3.63, 3.8) is 0 Å². The number of aromatic nitrogens is 2. The van der Waals surface area contributed by atoms with Gasteiger partial charge < -0.3 is 19.9 Å². The van der Waals surface area contributed by atoms with E-state index in [1.54, 1.807) is 6.20 Å². The summed E-state index contributed by atoms with van der Waals surface area (Å²) >= 11 is 0. The van der Waals surface area contributed by atoms with E-state index in [1.165, 1.54) is 0 Å². The van der Waals surface area contributed by atoms with Gasteiger partial charge in [0, 0.05) is 54.8 Å². The molecule has 5 rings (SSSR count). The molecule has 1 aliphatic rings. The van der Waals surface area contributed by atoms with E-state index in [-0.39, 0.29) is 5.91 Å². The molecule has 0 bridgehead atoms. The standard InChI is InChI=1S/C29H29N5O2/c1-21-20-30-28(22-8-10-23(11-9-22)29(35)34-18-16-33(2)17-19-34)32-27(21)31-24-12-14-26(15-13-24)36-25-6-4-3-5-7-25/h3-15,20H,16-19H2,1-2H3,(H,30,31,32). The van der Waals surface area contributed by atoms with Gasteiger partial charge >= 0.3 is 0 Å². The first-order chi connectivity index (χ1) is 17.5. The Balaban J connectivity index is 1.27. The first-order valence-electron chi connectivity index (χ1n) is 12.1. The van der Waals surface area contributed by atoms with Gasteiger partial charge in [-0.05, 0) is 62.5 Å². The third kappa shape index (κ3) is 5.53. The summed E-state index contributed by atoms with van der Waals surface area (Å²) in [7, 11) is 2.08. The number of nitrogens with zero attached hydrogens (tertiary/aromatic N) is 4. The maximum atomic E-state index is 12.8. The summed E-state index contributed by atoms with van der Waals surface area (Å²) in [5, 5.41) is 3.38. The molecule has 1 amide bonds. The number of hydrogen-bond donors (Lipinski definition) is 1. The van der Waals surface area contributed by atoms with Crippen LogP contribution in [0.2, 0.25) is 0 Å². The van der Waals surface area contributed by atoms with Gasteiger partial charge in [0.25, 0.3) is 5.91 Å². The lowest BCUT2D eigenvalue weighted by atomic mass is 10.1. The number of likely N-dealkylation sites (N-methyl/N-ethyl adjacent to an activating group) is 1. The van der Waals surface area contributed by atoms with Crippen LogP contribution in [-0.2, 0) is 0 Å². The van der Waals surface area contributed by atoms with Crippen molar-refractivity contribution < 1.29 is 9.53 Å². The quantitative estimate of drug-likeness (QED) is 0.401. The fourth-order valence-corrected chi connectivity index (χ4v) is 4.03. The molecule has 0 unspecified atom stereocenters. The highest BCUT2D eigenvalue weighted by molar-refractivity contribution is 5.94. The van der Waals surface area contributed by atoms with Gasteiger partial charge in [-0.15, -0.1) is 0 Å². The second kappa shape index (κ2) is 10.6. The Hall–Kier alpha value is -4.23. The van der Waals surface area contributed by atoms with Crippen LogP contribution in [0.3, 0.4) is 0 Å². The lowest BCUT2D eigenvalue weighted by molar-refractivity contribution is 0.0664. The summed E-state index contributed by atoms with van der Waals surface area (Å²) in [6.45, 7) is 5.29. The van der Waals surface area contributed by atoms with E-state index in [2.05, 4.69) is 22.2 Å². The second-order valence-corrected chi connectivity index (χ2v) is 8.96. The Morgan fingerprint density at radius 3 is 2.22 bits per heavy atom. The number of nitrogens with one attached hydrogen (secondary N) is 1. The molecule has 182 valence electrons. The van der Waals surface area contributed by atoms with Crippen LogP contribution < -0.4 is 10.1 Å². The fraction of sp³-hybridized carbons (Fsp3) is 0.207. The van der Waals surface area contributed by atoms with Crippen molar-refractivity contribution in [1.82, 2.24) is 19.8 Å². The third-order valence-electron chi connectivity index (χ3n) is 6.25. The van der Waals surface area contributed by atoms with Gasteiger partial charge in [-0.3, -0.25) is 4.79 Å². The van der Waals surface area contributed by atoms with Crippen LogP contribution in [-0.4, -0.2) is 58.9 Å². The van der Waals surface area contributed by atoms with Gasteiger partial charge in [0.2, 0.25) is 0 Å². The molecule has 1 fully saturated rings. The summed E-state index contributed by atoms with van der Waals surface area (Å²) in [5.74, 6) is 2.96. The number of para-hydroxylation sites is 1. The molecule has 3 aromatic carbocycles. The van der Waals surface area contributed by atoms with Crippen molar-refractivity contribution in [3.8, 4) is 22.9 Å². The molecule has 4 aromatic rings. The summed E-state index contributed by atoms with van der Waals surface area (Å²) in [6, 6.07) is 25.0. The number of amides is 1. The highest BCUT2D eigenvalue weighted by Gasteiger charge is 2.20. The molecule has 0 saturated carbocycles. The SMILES string of the molecule is Cc1cnc(-c2ccc(C(=O)N3CCN(C)CC3)cc2)nc1Nc1ccc(Oc2ccccc2)cc1. The van der Waals surface area contributed by atoms with Crippen LogP contribution in [0.15, 0.2) is 85.1 Å². The van der Waals surface area contributed by atoms with E-state index in [1.807, 2.05) is 90.7 Å². The Morgan fingerprint density at radius 1 is 0.861 bits per heavy atom. The van der Waals surface area contributed by atoms with Crippen molar-refractivity contribution in [2.45, 2.75) is 6.92 Å². The molecular weight excluding hydrogens is 450 g/mol. The zero-order valence-corrected chi connectivity index (χ0v) is 20.5. The van der Waals surface area contributed by atoms with Crippen molar-refractivity contribution in [1.29, 1.82) is 0 Å². The molecule has 0 aliphatic carbocycles. The molecule has 0 spiro atoms. The average Bonchev–Trinajstić information content (AvgIpc) is 2.92. The van der Waals surface area contributed by atoms with Crippen molar-refractivity contribution in [2.24, 2.45) is 0 Å². The largest absolute Gasteiger partial charge is 0.457 e. The second-order valence-electron chi connectivity index (χ2n) is 8.96. The zero-order valence-electron chi connectivity index (χ0n) is 20.5. The molecule has 0 atom stereocenters. The van der Waals surface area contributed by atoms with Crippen molar-refractivity contribution in [3.05, 3.63) is 96.2 Å². The first-order valence-corrected chi connectivity index (χ1v) is 12.1. The lowest BCUT2D eigenvalue weighted by Gasteiger charge is -2.32. The van der Waals surface area contributed by atoms with E-state index in [0.29, 0.717) is 11.4 Å². The smallest absolute Gasteiger partial charge is 0.253 e. The number of anilines is 2. The Bertz CT molecular complexity index is 1320. The molecule has 0 radical (unpaired) electrons. The molecule has 2 heterocycles. The Morgan fingerprint density at radius 2 is 1.53 bits per heavy atom. The predicted molar refractivity (Wildman–Crippen MR) is 142 cm³/mol. The van der Waals surface area contributed by atoms with E-state index in [0.717, 1.165) is 60.3 Å². The highest BCUT2D eigenvalue weighted by atomic mass is 16.5. The van der Waals surface area contributed by atoms with E-state index >= 15 is 0 Å². The minimum absolute atomic E-state index is 0.0709. The van der Waals surface area contributed by atoms with Crippen LogP contribution in [0, 0.1) is 6.92 Å². The first kappa shape index (κ1) is 23.5. The van der Waals surface area contributed by atoms with Crippen LogP contribution in [0.4, 0.5) is 11.5 Å². The molecule has 1 aromatic heterocycles. The monoisotopic (exact) mass is 479 g/mol. The Labute approximate surface area is 211 Å². The van der Waals surface area contributed by atoms with E-state index < -0.39 is 0 Å². The number of ether oxygens (including phenoxy) is 1. The molecule has 1 saturated heterocycles. The topological polar surface area (TPSA) is 70.6 Å². The summed E-state index contributed by atoms with van der Waals surface area (Å²) in [6.07, 6.45) is 1.81. The van der Waals surface area contributed by atoms with Gasteiger partial charge in [0.05, 0.1) is 0 Å². The number of carbonyl (C=O) groups is 1. The average molecular weight is 480 g/mol. The summed E-state index contributed by atoms with van der Waals surface area (Å²) < 4.78 is 5.87. The van der Waals surface area contributed by atoms with Gasteiger partial charge in [0.1, 0.15) is 17.3 Å². The number of aryl methyl sites for hydroxylation is 1. The fourth-order valence-electron chi connectivity index (χ4n) is 4.03. The third-order valence-corrected chi connectivity index (χ3v) is 6.25. The van der Waals surface area contributed by atoms with Crippen molar-refractivity contribution >= 4 is 17.4 Å².